The lowest BCUT2D eigenvalue weighted by atomic mass is 9.45. The Bertz CT molecular complexity index is 727. The van der Waals surface area contributed by atoms with Gasteiger partial charge in [-0.05, 0) is 73.6 Å². The van der Waals surface area contributed by atoms with Gasteiger partial charge in [-0.3, -0.25) is 4.79 Å². The molecule has 0 radical (unpaired) electrons. The number of nitrogens with one attached hydrogen (secondary N) is 1. The molecule has 1 aromatic carbocycles. The first kappa shape index (κ1) is 22.1. The molecule has 0 spiro atoms. The zero-order chi connectivity index (χ0) is 21.4. The van der Waals surface area contributed by atoms with E-state index in [1.54, 1.807) is 0 Å². The molecule has 0 aliphatic heterocycles. The maximum Gasteiger partial charge on any atom is 0.167 e. The number of phenols is 2. The average molecular weight is 403 g/mol. The van der Waals surface area contributed by atoms with Gasteiger partial charge < -0.3 is 21.3 Å². The maximum absolute atomic E-state index is 13.8. The number of hydrogen-bond acceptors (Lipinski definition) is 5. The highest BCUT2D eigenvalue weighted by molar-refractivity contribution is 5.99. The van der Waals surface area contributed by atoms with E-state index in [0.717, 1.165) is 32.2 Å². The number of carbonyl (C=O) groups is 1. The number of aromatic hydroxyl groups is 2. The van der Waals surface area contributed by atoms with E-state index in [-0.39, 0.29) is 46.0 Å². The second kappa shape index (κ2) is 8.27. The standard InChI is InChI=1S/C24H38N2O3/c1-15-19(26-10-6-9-25)14-20-23(2,3)7-5-8-24(20,4)21(15)22(29)16-11-17(27)13-18(28)12-16/h11-13,15,19-21,26-28H,5-10,14,25H2,1-4H3/t15-,19-,20+,21-,24-/m1/s1. The molecule has 5 heteroatoms. The second-order valence-electron chi connectivity index (χ2n) is 10.3. The smallest absolute Gasteiger partial charge is 0.167 e. The fourth-order valence-electron chi connectivity index (χ4n) is 6.54. The number of hydrogen-bond donors (Lipinski definition) is 4. The van der Waals surface area contributed by atoms with Crippen LogP contribution in [0.2, 0.25) is 0 Å². The summed E-state index contributed by atoms with van der Waals surface area (Å²) in [4.78, 5) is 13.8. The highest BCUT2D eigenvalue weighted by Gasteiger charge is 2.58. The van der Waals surface area contributed by atoms with Crippen molar-refractivity contribution in [2.45, 2.75) is 65.8 Å². The summed E-state index contributed by atoms with van der Waals surface area (Å²) in [6.45, 7) is 10.7. The predicted molar refractivity (Wildman–Crippen MR) is 116 cm³/mol. The summed E-state index contributed by atoms with van der Waals surface area (Å²) in [5, 5.41) is 23.6. The molecule has 162 valence electrons. The molecule has 2 aliphatic rings. The Balaban J connectivity index is 2.01. The van der Waals surface area contributed by atoms with Crippen molar-refractivity contribution >= 4 is 5.78 Å². The van der Waals surface area contributed by atoms with Gasteiger partial charge in [0.2, 0.25) is 0 Å². The number of nitrogens with two attached hydrogens (primary N) is 1. The first-order chi connectivity index (χ1) is 13.6. The van der Waals surface area contributed by atoms with E-state index >= 15 is 0 Å². The van der Waals surface area contributed by atoms with Crippen LogP contribution in [-0.4, -0.2) is 35.1 Å². The first-order valence-corrected chi connectivity index (χ1v) is 11.1. The number of benzene rings is 1. The summed E-state index contributed by atoms with van der Waals surface area (Å²) < 4.78 is 0. The molecule has 2 fully saturated rings. The van der Waals surface area contributed by atoms with Crippen molar-refractivity contribution in [1.29, 1.82) is 0 Å². The quantitative estimate of drug-likeness (QED) is 0.425. The van der Waals surface area contributed by atoms with Gasteiger partial charge in [-0.15, -0.1) is 0 Å². The molecule has 2 saturated carbocycles. The Labute approximate surface area is 175 Å². The molecule has 0 unspecified atom stereocenters. The lowest BCUT2D eigenvalue weighted by Gasteiger charge is -2.60. The molecule has 0 heterocycles. The Hall–Kier alpha value is -1.59. The molecule has 0 bridgehead atoms. The summed E-state index contributed by atoms with van der Waals surface area (Å²) >= 11 is 0. The van der Waals surface area contributed by atoms with E-state index in [2.05, 4.69) is 33.0 Å². The third kappa shape index (κ3) is 4.17. The number of rotatable bonds is 6. The van der Waals surface area contributed by atoms with Crippen molar-refractivity contribution in [3.63, 3.8) is 0 Å². The van der Waals surface area contributed by atoms with Crippen LogP contribution in [-0.2, 0) is 0 Å². The SMILES string of the molecule is C[C@@H]1[C@H](NCCCN)C[C@H]2C(C)(C)CCC[C@@]2(C)[C@H]1C(=O)c1cc(O)cc(O)c1. The average Bonchev–Trinajstić information content (AvgIpc) is 2.61. The Morgan fingerprint density at radius 2 is 1.83 bits per heavy atom. The van der Waals surface area contributed by atoms with E-state index in [1.807, 2.05) is 0 Å². The molecular formula is C24H38N2O3. The van der Waals surface area contributed by atoms with Crippen molar-refractivity contribution in [3.05, 3.63) is 23.8 Å². The van der Waals surface area contributed by atoms with Gasteiger partial charge in [0.15, 0.2) is 5.78 Å². The van der Waals surface area contributed by atoms with Gasteiger partial charge in [0.25, 0.3) is 0 Å². The van der Waals surface area contributed by atoms with E-state index in [4.69, 9.17) is 5.73 Å². The highest BCUT2D eigenvalue weighted by atomic mass is 16.3. The third-order valence-electron chi connectivity index (χ3n) is 7.89. The van der Waals surface area contributed by atoms with Crippen molar-refractivity contribution in [2.24, 2.45) is 34.3 Å². The zero-order valence-electron chi connectivity index (χ0n) is 18.4. The maximum atomic E-state index is 13.8. The third-order valence-corrected chi connectivity index (χ3v) is 7.89. The van der Waals surface area contributed by atoms with E-state index in [0.29, 0.717) is 18.0 Å². The van der Waals surface area contributed by atoms with Crippen molar-refractivity contribution < 1.29 is 15.0 Å². The summed E-state index contributed by atoms with van der Waals surface area (Å²) in [5.41, 5.74) is 6.18. The van der Waals surface area contributed by atoms with Gasteiger partial charge in [0.05, 0.1) is 0 Å². The van der Waals surface area contributed by atoms with Crippen LogP contribution in [0.3, 0.4) is 0 Å². The molecule has 1 aromatic rings. The van der Waals surface area contributed by atoms with Crippen LogP contribution in [0, 0.1) is 28.6 Å². The minimum Gasteiger partial charge on any atom is -0.508 e. The molecular weight excluding hydrogens is 364 g/mol. The molecule has 2 aliphatic carbocycles. The number of fused-ring (bicyclic) bond motifs is 1. The summed E-state index contributed by atoms with van der Waals surface area (Å²) in [6.07, 6.45) is 5.36. The summed E-state index contributed by atoms with van der Waals surface area (Å²) in [6, 6.07) is 4.52. The van der Waals surface area contributed by atoms with Crippen molar-refractivity contribution in [2.75, 3.05) is 13.1 Å². The number of Topliss-reactive ketones (excluding diaryl/α,β-unsaturated/α-hetero) is 1. The second-order valence-corrected chi connectivity index (χ2v) is 10.3. The topological polar surface area (TPSA) is 95.6 Å². The van der Waals surface area contributed by atoms with E-state index in [9.17, 15) is 15.0 Å². The summed E-state index contributed by atoms with van der Waals surface area (Å²) in [7, 11) is 0. The van der Waals surface area contributed by atoms with Crippen molar-refractivity contribution in [3.8, 4) is 11.5 Å². The minimum atomic E-state index is -0.155. The minimum absolute atomic E-state index is 0.0409. The van der Waals surface area contributed by atoms with Crippen LogP contribution in [0.5, 0.6) is 11.5 Å². The summed E-state index contributed by atoms with van der Waals surface area (Å²) in [5.74, 6) is 0.354. The largest absolute Gasteiger partial charge is 0.508 e. The Kier molecular flexibility index (Phi) is 6.30. The van der Waals surface area contributed by atoms with Gasteiger partial charge in [0, 0.05) is 23.6 Å². The molecule has 3 rings (SSSR count). The highest BCUT2D eigenvalue weighted by Crippen LogP contribution is 2.61. The monoisotopic (exact) mass is 402 g/mol. The molecule has 5 atom stereocenters. The fourth-order valence-corrected chi connectivity index (χ4v) is 6.54. The lowest BCUT2D eigenvalue weighted by Crippen LogP contribution is -2.60. The lowest BCUT2D eigenvalue weighted by molar-refractivity contribution is -0.0914. The van der Waals surface area contributed by atoms with Crippen LogP contribution in [0.25, 0.3) is 0 Å². The number of phenolic OH excluding ortho intramolecular Hbond substituents is 2. The fraction of sp³-hybridized carbons (Fsp3) is 0.708. The van der Waals surface area contributed by atoms with Gasteiger partial charge in [0.1, 0.15) is 11.5 Å². The van der Waals surface area contributed by atoms with E-state index < -0.39 is 0 Å². The van der Waals surface area contributed by atoms with Crippen LogP contribution >= 0.6 is 0 Å². The number of carbonyl (C=O) groups excluding carboxylic acids is 1. The molecule has 5 nitrogen and oxygen atoms in total. The van der Waals surface area contributed by atoms with E-state index in [1.165, 1.54) is 24.6 Å². The number of ketones is 1. The molecule has 5 N–H and O–H groups in total. The van der Waals surface area contributed by atoms with Crippen LogP contribution in [0.15, 0.2) is 18.2 Å². The predicted octanol–water partition coefficient (Wildman–Crippen LogP) is 4.08. The molecule has 0 saturated heterocycles. The molecule has 0 amide bonds. The van der Waals surface area contributed by atoms with Crippen LogP contribution < -0.4 is 11.1 Å². The first-order valence-electron chi connectivity index (χ1n) is 11.1. The van der Waals surface area contributed by atoms with Crippen LogP contribution in [0.4, 0.5) is 0 Å². The Morgan fingerprint density at radius 3 is 2.45 bits per heavy atom. The van der Waals surface area contributed by atoms with Gasteiger partial charge >= 0.3 is 0 Å². The molecule has 0 aromatic heterocycles. The van der Waals surface area contributed by atoms with Gasteiger partial charge in [-0.2, -0.15) is 0 Å². The zero-order valence-corrected chi connectivity index (χ0v) is 18.4. The van der Waals surface area contributed by atoms with Gasteiger partial charge in [-0.1, -0.05) is 34.1 Å². The normalized spacial score (nSPS) is 33.8. The molecule has 29 heavy (non-hydrogen) atoms. The van der Waals surface area contributed by atoms with Gasteiger partial charge in [-0.25, -0.2) is 0 Å². The van der Waals surface area contributed by atoms with Crippen molar-refractivity contribution in [1.82, 2.24) is 5.32 Å². The Morgan fingerprint density at radius 1 is 1.17 bits per heavy atom. The van der Waals surface area contributed by atoms with Crippen LogP contribution in [0.1, 0.15) is 70.2 Å².